The highest BCUT2D eigenvalue weighted by molar-refractivity contribution is 7.22. The summed E-state index contributed by atoms with van der Waals surface area (Å²) in [5.41, 5.74) is 2.62. The monoisotopic (exact) mass is 415 g/mol. The number of esters is 1. The van der Waals surface area contributed by atoms with Gasteiger partial charge >= 0.3 is 5.97 Å². The van der Waals surface area contributed by atoms with E-state index < -0.39 is 5.97 Å². The van der Waals surface area contributed by atoms with Crippen molar-refractivity contribution in [2.75, 3.05) is 30.4 Å². The number of ether oxygens (including phenoxy) is 1. The number of carbonyl (C=O) groups excluding carboxylic acids is 2. The van der Waals surface area contributed by atoms with Gasteiger partial charge in [0.15, 0.2) is 5.13 Å². The van der Waals surface area contributed by atoms with E-state index >= 15 is 0 Å². The van der Waals surface area contributed by atoms with Crippen LogP contribution in [0.4, 0.5) is 10.1 Å². The fourth-order valence-electron chi connectivity index (χ4n) is 3.41. The Bertz CT molecular complexity index is 1030. The zero-order valence-corrected chi connectivity index (χ0v) is 17.4. The number of carbonyl (C=O) groups is 2. The molecule has 1 aliphatic heterocycles. The minimum Gasteiger partial charge on any atom is -0.465 e. The fourth-order valence-corrected chi connectivity index (χ4v) is 5.29. The van der Waals surface area contributed by atoms with E-state index in [0.29, 0.717) is 17.1 Å². The molecule has 1 aromatic carbocycles. The van der Waals surface area contributed by atoms with Crippen LogP contribution in [0.1, 0.15) is 28.8 Å². The van der Waals surface area contributed by atoms with Crippen molar-refractivity contribution in [3.63, 3.8) is 0 Å². The molecule has 1 N–H and O–H groups in total. The quantitative estimate of drug-likeness (QED) is 0.643. The number of anilines is 2. The van der Waals surface area contributed by atoms with E-state index in [2.05, 4.69) is 29.3 Å². The highest BCUT2D eigenvalue weighted by Crippen LogP contribution is 2.33. The molecule has 3 aromatic rings. The van der Waals surface area contributed by atoms with E-state index in [1.165, 1.54) is 28.7 Å². The van der Waals surface area contributed by atoms with Crippen molar-refractivity contribution in [3.05, 3.63) is 40.8 Å². The summed E-state index contributed by atoms with van der Waals surface area (Å²) in [5, 5.41) is 6.20. The number of aromatic nitrogens is 1. The number of piperidine rings is 1. The Morgan fingerprint density at radius 1 is 1.32 bits per heavy atom. The minimum atomic E-state index is -0.438. The lowest BCUT2D eigenvalue weighted by Crippen LogP contribution is -2.40. The second-order valence-corrected chi connectivity index (χ2v) is 8.82. The minimum absolute atomic E-state index is 0.0609. The first-order chi connectivity index (χ1) is 13.5. The van der Waals surface area contributed by atoms with Crippen molar-refractivity contribution in [3.8, 4) is 0 Å². The van der Waals surface area contributed by atoms with Crippen LogP contribution in [-0.4, -0.2) is 37.1 Å². The number of aryl methyl sites for hydroxylation is 1. The van der Waals surface area contributed by atoms with Crippen molar-refractivity contribution >= 4 is 54.9 Å². The Kier molecular flexibility index (Phi) is 5.32. The zero-order chi connectivity index (χ0) is 19.7. The number of benzene rings is 1. The summed E-state index contributed by atoms with van der Waals surface area (Å²) in [6.07, 6.45) is 1.76. The van der Waals surface area contributed by atoms with Crippen LogP contribution in [0, 0.1) is 12.8 Å². The Morgan fingerprint density at radius 3 is 3.00 bits per heavy atom. The van der Waals surface area contributed by atoms with Crippen molar-refractivity contribution in [1.29, 1.82) is 0 Å². The molecule has 0 aliphatic carbocycles. The first-order valence-corrected chi connectivity index (χ1v) is 10.8. The Labute approximate surface area is 171 Å². The molecule has 28 heavy (non-hydrogen) atoms. The van der Waals surface area contributed by atoms with E-state index in [1.807, 2.05) is 6.07 Å². The van der Waals surface area contributed by atoms with Gasteiger partial charge in [0.1, 0.15) is 5.00 Å². The molecule has 1 fully saturated rings. The molecule has 0 spiro atoms. The van der Waals surface area contributed by atoms with E-state index in [1.54, 1.807) is 22.8 Å². The summed E-state index contributed by atoms with van der Waals surface area (Å²) in [7, 11) is 1.34. The molecule has 3 heterocycles. The van der Waals surface area contributed by atoms with Crippen LogP contribution in [0.2, 0.25) is 0 Å². The standard InChI is InChI=1S/C20H21N3O3S2/c1-12-5-6-15-16(10-12)28-20(21-15)23-8-3-4-13(11-23)17(24)22-18-14(7-9-27-18)19(25)26-2/h5-7,9-10,13H,3-4,8,11H2,1-2H3,(H,22,24). The number of amides is 1. The number of hydrogen-bond acceptors (Lipinski definition) is 7. The second kappa shape index (κ2) is 7.89. The lowest BCUT2D eigenvalue weighted by molar-refractivity contribution is -0.120. The van der Waals surface area contributed by atoms with Crippen LogP contribution < -0.4 is 10.2 Å². The van der Waals surface area contributed by atoms with Gasteiger partial charge in [-0.05, 0) is 48.9 Å². The normalized spacial score (nSPS) is 16.9. The topological polar surface area (TPSA) is 71.5 Å². The van der Waals surface area contributed by atoms with Gasteiger partial charge in [-0.3, -0.25) is 4.79 Å². The lowest BCUT2D eigenvalue weighted by Gasteiger charge is -2.31. The maximum Gasteiger partial charge on any atom is 0.340 e. The van der Waals surface area contributed by atoms with Crippen LogP contribution in [0.3, 0.4) is 0 Å². The van der Waals surface area contributed by atoms with Crippen LogP contribution in [0.5, 0.6) is 0 Å². The number of nitrogens with one attached hydrogen (secondary N) is 1. The van der Waals surface area contributed by atoms with Gasteiger partial charge in [0.05, 0.1) is 28.8 Å². The second-order valence-electron chi connectivity index (χ2n) is 6.90. The summed E-state index contributed by atoms with van der Waals surface area (Å²) < 4.78 is 5.95. The molecule has 8 heteroatoms. The van der Waals surface area contributed by atoms with Gasteiger partial charge in [-0.25, -0.2) is 9.78 Å². The van der Waals surface area contributed by atoms with Crippen molar-refractivity contribution in [2.45, 2.75) is 19.8 Å². The SMILES string of the molecule is COC(=O)c1ccsc1NC(=O)C1CCCN(c2nc3ccc(C)cc3s2)C1. The highest BCUT2D eigenvalue weighted by atomic mass is 32.1. The molecule has 6 nitrogen and oxygen atoms in total. The van der Waals surface area contributed by atoms with Gasteiger partial charge in [-0.15, -0.1) is 11.3 Å². The highest BCUT2D eigenvalue weighted by Gasteiger charge is 2.28. The average Bonchev–Trinajstić information content (AvgIpc) is 3.34. The third-order valence-electron chi connectivity index (χ3n) is 4.90. The van der Waals surface area contributed by atoms with Gasteiger partial charge in [0, 0.05) is 13.1 Å². The van der Waals surface area contributed by atoms with E-state index in [-0.39, 0.29) is 11.8 Å². The van der Waals surface area contributed by atoms with Gasteiger partial charge in [-0.1, -0.05) is 17.4 Å². The molecule has 1 atom stereocenters. The molecule has 1 saturated heterocycles. The first kappa shape index (κ1) is 18.9. The van der Waals surface area contributed by atoms with Crippen LogP contribution in [0.15, 0.2) is 29.6 Å². The largest absolute Gasteiger partial charge is 0.465 e. The molecular formula is C20H21N3O3S2. The van der Waals surface area contributed by atoms with E-state index in [9.17, 15) is 9.59 Å². The van der Waals surface area contributed by atoms with Crippen LogP contribution in [0.25, 0.3) is 10.2 Å². The smallest absolute Gasteiger partial charge is 0.340 e. The van der Waals surface area contributed by atoms with Gasteiger partial charge < -0.3 is 15.0 Å². The van der Waals surface area contributed by atoms with Gasteiger partial charge in [0.25, 0.3) is 0 Å². The van der Waals surface area contributed by atoms with Gasteiger partial charge in [-0.2, -0.15) is 0 Å². The van der Waals surface area contributed by atoms with Crippen molar-refractivity contribution in [2.24, 2.45) is 5.92 Å². The molecule has 1 aliphatic rings. The summed E-state index contributed by atoms with van der Waals surface area (Å²) in [5.74, 6) is -0.643. The third kappa shape index (κ3) is 3.74. The summed E-state index contributed by atoms with van der Waals surface area (Å²) in [6, 6.07) is 7.93. The van der Waals surface area contributed by atoms with Crippen LogP contribution >= 0.6 is 22.7 Å². The number of fused-ring (bicyclic) bond motifs is 1. The predicted octanol–water partition coefficient (Wildman–Crippen LogP) is 4.31. The number of hydrogen-bond donors (Lipinski definition) is 1. The molecule has 0 radical (unpaired) electrons. The molecule has 4 rings (SSSR count). The molecular weight excluding hydrogens is 394 g/mol. The van der Waals surface area contributed by atoms with E-state index in [0.717, 1.165) is 30.0 Å². The maximum atomic E-state index is 12.8. The Hall–Kier alpha value is -2.45. The first-order valence-electron chi connectivity index (χ1n) is 9.14. The van der Waals surface area contributed by atoms with Crippen LogP contribution in [-0.2, 0) is 9.53 Å². The number of nitrogens with zero attached hydrogens (tertiary/aromatic N) is 2. The maximum absolute atomic E-state index is 12.8. The number of rotatable bonds is 4. The molecule has 0 saturated carbocycles. The summed E-state index contributed by atoms with van der Waals surface area (Å²) in [4.78, 5) is 31.6. The number of thiazole rings is 1. The number of methoxy groups -OCH3 is 1. The third-order valence-corrected chi connectivity index (χ3v) is 6.81. The predicted molar refractivity (Wildman–Crippen MR) is 114 cm³/mol. The molecule has 2 aromatic heterocycles. The van der Waals surface area contributed by atoms with Gasteiger partial charge in [0.2, 0.25) is 5.91 Å². The summed E-state index contributed by atoms with van der Waals surface area (Å²) in [6.45, 7) is 3.60. The number of thiophene rings is 1. The Balaban J connectivity index is 1.48. The fraction of sp³-hybridized carbons (Fsp3) is 0.350. The molecule has 1 unspecified atom stereocenters. The van der Waals surface area contributed by atoms with Crippen molar-refractivity contribution < 1.29 is 14.3 Å². The van der Waals surface area contributed by atoms with E-state index in [4.69, 9.17) is 9.72 Å². The Morgan fingerprint density at radius 2 is 2.18 bits per heavy atom. The molecule has 1 amide bonds. The lowest BCUT2D eigenvalue weighted by atomic mass is 9.97. The summed E-state index contributed by atoms with van der Waals surface area (Å²) >= 11 is 3.00. The molecule has 0 bridgehead atoms. The zero-order valence-electron chi connectivity index (χ0n) is 15.7. The molecule has 146 valence electrons. The van der Waals surface area contributed by atoms with Crippen molar-refractivity contribution in [1.82, 2.24) is 4.98 Å². The average molecular weight is 416 g/mol.